The molecule has 1 N–H and O–H groups in total. The van der Waals surface area contributed by atoms with Crippen LogP contribution in [-0.4, -0.2) is 31.1 Å². The van der Waals surface area contributed by atoms with Crippen LogP contribution in [0.3, 0.4) is 0 Å². The molecule has 1 saturated heterocycles. The Kier molecular flexibility index (Phi) is 4.24. The number of benzene rings is 1. The van der Waals surface area contributed by atoms with E-state index in [9.17, 15) is 4.39 Å². The molecule has 1 aromatic rings. The molecule has 17 heavy (non-hydrogen) atoms. The molecule has 0 aromatic heterocycles. The summed E-state index contributed by atoms with van der Waals surface area (Å²) in [6.45, 7) is 1.90. The van der Waals surface area contributed by atoms with Crippen molar-refractivity contribution in [1.29, 1.82) is 0 Å². The Hall–Kier alpha value is -0.800. The Bertz CT molecular complexity index is 384. The van der Waals surface area contributed by atoms with Crippen LogP contribution in [0.2, 0.25) is 5.02 Å². The van der Waals surface area contributed by atoms with E-state index >= 15 is 0 Å². The maximum Gasteiger partial charge on any atom is 0.146 e. The van der Waals surface area contributed by atoms with Crippen molar-refractivity contribution in [2.24, 2.45) is 0 Å². The molecule has 1 aliphatic rings. The molecule has 0 amide bonds. The van der Waals surface area contributed by atoms with Gasteiger partial charge in [0.2, 0.25) is 0 Å². The smallest absolute Gasteiger partial charge is 0.146 e. The zero-order valence-corrected chi connectivity index (χ0v) is 10.8. The van der Waals surface area contributed by atoms with Gasteiger partial charge in [-0.3, -0.25) is 0 Å². The molecule has 0 radical (unpaired) electrons. The molecule has 1 atom stereocenters. The third-order valence-electron chi connectivity index (χ3n) is 3.38. The van der Waals surface area contributed by atoms with Crippen LogP contribution >= 0.6 is 11.6 Å². The van der Waals surface area contributed by atoms with E-state index in [1.54, 1.807) is 12.1 Å². The molecule has 1 unspecified atom stereocenters. The minimum Gasteiger partial charge on any atom is -0.381 e. The fourth-order valence-electron chi connectivity index (χ4n) is 2.26. The number of rotatable bonds is 3. The highest BCUT2D eigenvalue weighted by atomic mass is 35.5. The van der Waals surface area contributed by atoms with Crippen LogP contribution in [0.5, 0.6) is 0 Å². The molecule has 1 fully saturated rings. The summed E-state index contributed by atoms with van der Waals surface area (Å²) in [5, 5.41) is 3.71. The molecule has 0 spiro atoms. The Morgan fingerprint density at radius 3 is 3.06 bits per heavy atom. The summed E-state index contributed by atoms with van der Waals surface area (Å²) in [6.07, 6.45) is 3.69. The first-order valence-electron chi connectivity index (χ1n) is 6.06. The molecular formula is C13H18ClFN2. The van der Waals surface area contributed by atoms with Crippen LogP contribution < -0.4 is 5.32 Å². The van der Waals surface area contributed by atoms with Gasteiger partial charge in [-0.1, -0.05) is 18.0 Å². The quantitative estimate of drug-likeness (QED) is 0.892. The first kappa shape index (κ1) is 12.7. The van der Waals surface area contributed by atoms with E-state index < -0.39 is 0 Å². The third-order valence-corrected chi connectivity index (χ3v) is 3.61. The van der Waals surface area contributed by atoms with Crippen LogP contribution in [0.25, 0.3) is 0 Å². The lowest BCUT2D eigenvalue weighted by Gasteiger charge is -2.32. The number of nitrogens with zero attached hydrogens (tertiary/aromatic N) is 1. The largest absolute Gasteiger partial charge is 0.381 e. The SMILES string of the molecule is CN1CCCCC1CNc1cc(Cl)ccc1F. The highest BCUT2D eigenvalue weighted by Gasteiger charge is 2.18. The van der Waals surface area contributed by atoms with Crippen molar-refractivity contribution in [3.8, 4) is 0 Å². The zero-order chi connectivity index (χ0) is 12.3. The second kappa shape index (κ2) is 5.69. The van der Waals surface area contributed by atoms with Crippen molar-refractivity contribution in [3.05, 3.63) is 29.0 Å². The standard InChI is InChI=1S/C13H18ClFN2/c1-17-7-3-2-4-11(17)9-16-13-8-10(14)5-6-12(13)15/h5-6,8,11,16H,2-4,7,9H2,1H3. The number of likely N-dealkylation sites (N-methyl/N-ethyl adjacent to an activating group) is 1. The highest BCUT2D eigenvalue weighted by Crippen LogP contribution is 2.21. The van der Waals surface area contributed by atoms with E-state index in [0.717, 1.165) is 13.1 Å². The molecule has 4 heteroatoms. The van der Waals surface area contributed by atoms with Crippen LogP contribution in [0.1, 0.15) is 19.3 Å². The molecule has 1 aliphatic heterocycles. The summed E-state index contributed by atoms with van der Waals surface area (Å²) in [5.41, 5.74) is 0.497. The second-order valence-electron chi connectivity index (χ2n) is 4.64. The fourth-order valence-corrected chi connectivity index (χ4v) is 2.43. The number of anilines is 1. The van der Waals surface area contributed by atoms with Crippen molar-refractivity contribution in [3.63, 3.8) is 0 Å². The first-order valence-corrected chi connectivity index (χ1v) is 6.44. The van der Waals surface area contributed by atoms with Gasteiger partial charge in [0.15, 0.2) is 0 Å². The number of piperidine rings is 1. The normalized spacial score (nSPS) is 21.5. The van der Waals surface area contributed by atoms with Crippen LogP contribution in [0, 0.1) is 5.82 Å². The molecule has 0 bridgehead atoms. The minimum absolute atomic E-state index is 0.243. The van der Waals surface area contributed by atoms with Gasteiger partial charge in [-0.05, 0) is 44.6 Å². The van der Waals surface area contributed by atoms with Gasteiger partial charge in [0, 0.05) is 17.6 Å². The van der Waals surface area contributed by atoms with Gasteiger partial charge in [-0.25, -0.2) is 4.39 Å². The van der Waals surface area contributed by atoms with E-state index in [1.807, 2.05) is 0 Å². The Morgan fingerprint density at radius 2 is 2.29 bits per heavy atom. The summed E-state index contributed by atoms with van der Waals surface area (Å²) < 4.78 is 13.5. The lowest BCUT2D eigenvalue weighted by Crippen LogP contribution is -2.40. The Labute approximate surface area is 107 Å². The Balaban J connectivity index is 1.94. The van der Waals surface area contributed by atoms with Gasteiger partial charge in [0.25, 0.3) is 0 Å². The van der Waals surface area contributed by atoms with Gasteiger partial charge in [0.05, 0.1) is 5.69 Å². The van der Waals surface area contributed by atoms with E-state index in [-0.39, 0.29) is 5.82 Å². The van der Waals surface area contributed by atoms with Crippen LogP contribution in [0.15, 0.2) is 18.2 Å². The predicted octanol–water partition coefficient (Wildman–Crippen LogP) is 3.38. The van der Waals surface area contributed by atoms with Crippen molar-refractivity contribution in [2.45, 2.75) is 25.3 Å². The molecule has 0 aliphatic carbocycles. The van der Waals surface area contributed by atoms with Crippen molar-refractivity contribution < 1.29 is 4.39 Å². The maximum absolute atomic E-state index is 13.5. The molecule has 94 valence electrons. The zero-order valence-electron chi connectivity index (χ0n) is 10.0. The highest BCUT2D eigenvalue weighted by molar-refractivity contribution is 6.30. The van der Waals surface area contributed by atoms with Crippen molar-refractivity contribution >= 4 is 17.3 Å². The van der Waals surface area contributed by atoms with E-state index in [1.165, 1.54) is 25.3 Å². The summed E-state index contributed by atoms with van der Waals surface area (Å²) in [5.74, 6) is -0.243. The van der Waals surface area contributed by atoms with Gasteiger partial charge in [-0.2, -0.15) is 0 Å². The van der Waals surface area contributed by atoms with Crippen LogP contribution in [-0.2, 0) is 0 Å². The number of halogens is 2. The van der Waals surface area contributed by atoms with Crippen LogP contribution in [0.4, 0.5) is 10.1 Å². The topological polar surface area (TPSA) is 15.3 Å². The van der Waals surface area contributed by atoms with E-state index in [2.05, 4.69) is 17.3 Å². The van der Waals surface area contributed by atoms with E-state index in [0.29, 0.717) is 16.8 Å². The average molecular weight is 257 g/mol. The van der Waals surface area contributed by atoms with Crippen molar-refractivity contribution in [1.82, 2.24) is 4.90 Å². The fraction of sp³-hybridized carbons (Fsp3) is 0.538. The summed E-state index contributed by atoms with van der Waals surface area (Å²) in [7, 11) is 2.12. The van der Waals surface area contributed by atoms with Gasteiger partial charge in [-0.15, -0.1) is 0 Å². The molecule has 1 aromatic carbocycles. The average Bonchev–Trinajstić information content (AvgIpc) is 2.32. The number of likely N-dealkylation sites (tertiary alicyclic amines) is 1. The minimum atomic E-state index is -0.243. The molecule has 1 heterocycles. The maximum atomic E-state index is 13.5. The van der Waals surface area contributed by atoms with Gasteiger partial charge >= 0.3 is 0 Å². The summed E-state index contributed by atoms with van der Waals surface area (Å²) in [4.78, 5) is 2.33. The number of hydrogen-bond donors (Lipinski definition) is 1. The molecular weight excluding hydrogens is 239 g/mol. The lowest BCUT2D eigenvalue weighted by molar-refractivity contribution is 0.194. The Morgan fingerprint density at radius 1 is 1.47 bits per heavy atom. The monoisotopic (exact) mass is 256 g/mol. The number of nitrogens with one attached hydrogen (secondary N) is 1. The van der Waals surface area contributed by atoms with Gasteiger partial charge < -0.3 is 10.2 Å². The predicted molar refractivity (Wildman–Crippen MR) is 70.2 cm³/mol. The van der Waals surface area contributed by atoms with E-state index in [4.69, 9.17) is 11.6 Å². The lowest BCUT2D eigenvalue weighted by atomic mass is 10.0. The molecule has 2 nitrogen and oxygen atoms in total. The summed E-state index contributed by atoms with van der Waals surface area (Å²) in [6, 6.07) is 5.09. The molecule has 0 saturated carbocycles. The number of hydrogen-bond acceptors (Lipinski definition) is 2. The van der Waals surface area contributed by atoms with Crippen molar-refractivity contribution in [2.75, 3.05) is 25.5 Å². The first-order chi connectivity index (χ1) is 8.16. The van der Waals surface area contributed by atoms with Gasteiger partial charge in [0.1, 0.15) is 5.82 Å². The third kappa shape index (κ3) is 3.33. The second-order valence-corrected chi connectivity index (χ2v) is 5.07. The summed E-state index contributed by atoms with van der Waals surface area (Å²) >= 11 is 5.85. The molecule has 2 rings (SSSR count).